The van der Waals surface area contributed by atoms with Gasteiger partial charge in [-0.15, -0.1) is 11.3 Å². The third-order valence-electron chi connectivity index (χ3n) is 1.95. The average Bonchev–Trinajstić information content (AvgIpc) is 2.52. The van der Waals surface area contributed by atoms with Crippen LogP contribution in [0.3, 0.4) is 0 Å². The van der Waals surface area contributed by atoms with E-state index in [1.54, 1.807) is 0 Å². The minimum absolute atomic E-state index is 0.761. The Balaban J connectivity index is 2.23. The topological polar surface area (TPSA) is 16.6 Å². The molecule has 0 radical (unpaired) electrons. The Hall–Kier alpha value is -0.340. The maximum absolute atomic E-state index is 2.39. The molecule has 2 heteroatoms. The molecular weight excluding hydrogens is 154 g/mol. The van der Waals surface area contributed by atoms with Crippen molar-refractivity contribution in [3.8, 4) is 0 Å². The summed E-state index contributed by atoms with van der Waals surface area (Å²) in [5, 5.41) is 4.53. The standard InChI is InChI=1S/C9H15NS/c1-3-8(2)10-7-9-5-4-6-11-9/h4-6,8,10H,3,7H2,1-2H3/p+1/t8-/m1/s1. The second-order valence-electron chi connectivity index (χ2n) is 2.90. The molecule has 0 fully saturated rings. The van der Waals surface area contributed by atoms with Crippen LogP contribution in [-0.2, 0) is 6.54 Å². The fourth-order valence-corrected chi connectivity index (χ4v) is 1.59. The summed E-state index contributed by atoms with van der Waals surface area (Å²) in [6.45, 7) is 5.65. The first kappa shape index (κ1) is 8.75. The molecule has 11 heavy (non-hydrogen) atoms. The summed E-state index contributed by atoms with van der Waals surface area (Å²) in [6, 6.07) is 5.07. The lowest BCUT2D eigenvalue weighted by Gasteiger charge is -2.05. The van der Waals surface area contributed by atoms with Gasteiger partial charge in [0.05, 0.1) is 10.9 Å². The number of hydrogen-bond donors (Lipinski definition) is 1. The summed E-state index contributed by atoms with van der Waals surface area (Å²) in [6.07, 6.45) is 1.26. The van der Waals surface area contributed by atoms with Crippen LogP contribution in [-0.4, -0.2) is 6.04 Å². The Labute approximate surface area is 72.4 Å². The van der Waals surface area contributed by atoms with Crippen LogP contribution in [0.1, 0.15) is 25.1 Å². The van der Waals surface area contributed by atoms with Gasteiger partial charge in [-0.1, -0.05) is 13.0 Å². The van der Waals surface area contributed by atoms with Crippen LogP contribution in [0, 0.1) is 0 Å². The molecule has 0 aliphatic carbocycles. The Kier molecular flexibility index (Phi) is 3.60. The Morgan fingerprint density at radius 3 is 3.00 bits per heavy atom. The van der Waals surface area contributed by atoms with Crippen molar-refractivity contribution in [3.05, 3.63) is 22.4 Å². The molecule has 0 bridgehead atoms. The van der Waals surface area contributed by atoms with E-state index in [-0.39, 0.29) is 0 Å². The fraction of sp³-hybridized carbons (Fsp3) is 0.556. The van der Waals surface area contributed by atoms with Gasteiger partial charge in [-0.2, -0.15) is 0 Å². The predicted octanol–water partition coefficient (Wildman–Crippen LogP) is 1.61. The van der Waals surface area contributed by atoms with Crippen LogP contribution >= 0.6 is 11.3 Å². The van der Waals surface area contributed by atoms with Crippen molar-refractivity contribution in [3.63, 3.8) is 0 Å². The normalized spacial score (nSPS) is 13.3. The highest BCUT2D eigenvalue weighted by atomic mass is 32.1. The molecule has 1 aromatic heterocycles. The van der Waals surface area contributed by atoms with Gasteiger partial charge in [-0.05, 0) is 24.8 Å². The molecular formula is C9H16NS+. The van der Waals surface area contributed by atoms with Crippen LogP contribution in [0.2, 0.25) is 0 Å². The molecule has 0 aromatic carbocycles. The van der Waals surface area contributed by atoms with E-state index in [1.807, 2.05) is 11.3 Å². The van der Waals surface area contributed by atoms with Gasteiger partial charge in [0.25, 0.3) is 0 Å². The number of thiophene rings is 1. The van der Waals surface area contributed by atoms with Gasteiger partial charge in [0, 0.05) is 0 Å². The van der Waals surface area contributed by atoms with Crippen LogP contribution in [0.4, 0.5) is 0 Å². The minimum atomic E-state index is 0.761. The van der Waals surface area contributed by atoms with E-state index in [9.17, 15) is 0 Å². The van der Waals surface area contributed by atoms with Gasteiger partial charge < -0.3 is 5.32 Å². The molecule has 0 saturated heterocycles. The van der Waals surface area contributed by atoms with E-state index >= 15 is 0 Å². The maximum atomic E-state index is 2.39. The SMILES string of the molecule is CC[C@@H](C)[NH2+]Cc1cccs1. The van der Waals surface area contributed by atoms with Gasteiger partial charge >= 0.3 is 0 Å². The Morgan fingerprint density at radius 1 is 1.64 bits per heavy atom. The van der Waals surface area contributed by atoms with E-state index in [0.29, 0.717) is 0 Å². The number of nitrogens with two attached hydrogens (primary N) is 1. The summed E-state index contributed by atoms with van der Waals surface area (Å²) in [5.74, 6) is 0. The lowest BCUT2D eigenvalue weighted by atomic mass is 10.2. The van der Waals surface area contributed by atoms with Crippen LogP contribution in [0.25, 0.3) is 0 Å². The summed E-state index contributed by atoms with van der Waals surface area (Å²) < 4.78 is 0. The van der Waals surface area contributed by atoms with Gasteiger partial charge in [-0.3, -0.25) is 0 Å². The predicted molar refractivity (Wildman–Crippen MR) is 49.7 cm³/mol. The van der Waals surface area contributed by atoms with E-state index < -0.39 is 0 Å². The second kappa shape index (κ2) is 4.52. The molecule has 1 rings (SSSR count). The minimum Gasteiger partial charge on any atom is -0.340 e. The highest BCUT2D eigenvalue weighted by molar-refractivity contribution is 7.09. The Bertz CT molecular complexity index is 181. The highest BCUT2D eigenvalue weighted by Gasteiger charge is 2.01. The molecule has 1 aromatic rings. The van der Waals surface area contributed by atoms with Crippen molar-refractivity contribution in [2.45, 2.75) is 32.9 Å². The molecule has 2 N–H and O–H groups in total. The van der Waals surface area contributed by atoms with Gasteiger partial charge in [0.1, 0.15) is 6.54 Å². The maximum Gasteiger partial charge on any atom is 0.111 e. The average molecular weight is 170 g/mol. The van der Waals surface area contributed by atoms with Crippen molar-refractivity contribution in [2.75, 3.05) is 0 Å². The second-order valence-corrected chi connectivity index (χ2v) is 3.94. The Morgan fingerprint density at radius 2 is 2.45 bits per heavy atom. The molecule has 0 unspecified atom stereocenters. The van der Waals surface area contributed by atoms with E-state index in [0.717, 1.165) is 12.6 Å². The van der Waals surface area contributed by atoms with Crippen LogP contribution < -0.4 is 5.32 Å². The number of hydrogen-bond acceptors (Lipinski definition) is 1. The smallest absolute Gasteiger partial charge is 0.111 e. The van der Waals surface area contributed by atoms with Crippen molar-refractivity contribution in [1.82, 2.24) is 0 Å². The van der Waals surface area contributed by atoms with E-state index in [2.05, 4.69) is 36.7 Å². The zero-order chi connectivity index (χ0) is 8.10. The number of rotatable bonds is 4. The van der Waals surface area contributed by atoms with Gasteiger partial charge in [0.15, 0.2) is 0 Å². The third-order valence-corrected chi connectivity index (χ3v) is 2.84. The quantitative estimate of drug-likeness (QED) is 0.707. The lowest BCUT2D eigenvalue weighted by Crippen LogP contribution is -2.87. The molecule has 0 amide bonds. The summed E-state index contributed by atoms with van der Waals surface area (Å²) in [7, 11) is 0. The van der Waals surface area contributed by atoms with Gasteiger partial charge in [-0.25, -0.2) is 0 Å². The zero-order valence-electron chi connectivity index (χ0n) is 7.21. The van der Waals surface area contributed by atoms with Crippen molar-refractivity contribution in [1.29, 1.82) is 0 Å². The lowest BCUT2D eigenvalue weighted by molar-refractivity contribution is -0.701. The molecule has 1 nitrogen and oxygen atoms in total. The van der Waals surface area contributed by atoms with Crippen molar-refractivity contribution < 1.29 is 5.32 Å². The van der Waals surface area contributed by atoms with Crippen LogP contribution in [0.5, 0.6) is 0 Å². The summed E-state index contributed by atoms with van der Waals surface area (Å²) in [4.78, 5) is 1.48. The molecule has 0 spiro atoms. The van der Waals surface area contributed by atoms with Crippen molar-refractivity contribution in [2.24, 2.45) is 0 Å². The van der Waals surface area contributed by atoms with E-state index in [1.165, 1.54) is 11.3 Å². The van der Waals surface area contributed by atoms with Crippen LogP contribution in [0.15, 0.2) is 17.5 Å². The van der Waals surface area contributed by atoms with E-state index in [4.69, 9.17) is 0 Å². The summed E-state index contributed by atoms with van der Waals surface area (Å²) in [5.41, 5.74) is 0. The molecule has 0 aliphatic heterocycles. The zero-order valence-corrected chi connectivity index (χ0v) is 8.03. The first-order valence-corrected chi connectivity index (χ1v) is 5.06. The number of quaternary nitrogens is 1. The molecule has 1 atom stereocenters. The molecule has 0 saturated carbocycles. The highest BCUT2D eigenvalue weighted by Crippen LogP contribution is 2.05. The molecule has 1 heterocycles. The first-order valence-electron chi connectivity index (χ1n) is 4.18. The van der Waals surface area contributed by atoms with Crippen molar-refractivity contribution >= 4 is 11.3 Å². The fourth-order valence-electron chi connectivity index (χ4n) is 0.913. The molecule has 62 valence electrons. The third kappa shape index (κ3) is 3.04. The van der Waals surface area contributed by atoms with Gasteiger partial charge in [0.2, 0.25) is 0 Å². The largest absolute Gasteiger partial charge is 0.340 e. The summed E-state index contributed by atoms with van der Waals surface area (Å²) >= 11 is 1.84. The molecule has 0 aliphatic rings. The monoisotopic (exact) mass is 170 g/mol. The first-order chi connectivity index (χ1) is 5.33.